The molecule has 0 aromatic heterocycles. The summed E-state index contributed by atoms with van der Waals surface area (Å²) in [7, 11) is 0. The lowest BCUT2D eigenvalue weighted by Crippen LogP contribution is -2.24. The van der Waals surface area contributed by atoms with Gasteiger partial charge in [-0.25, -0.2) is 4.39 Å². The first-order valence-corrected chi connectivity index (χ1v) is 5.23. The van der Waals surface area contributed by atoms with Gasteiger partial charge in [-0.1, -0.05) is 22.0 Å². The molecule has 0 heterocycles. The number of hydrogen-bond donors (Lipinski definition) is 1. The molecule has 2 nitrogen and oxygen atoms in total. The Bertz CT molecular complexity index is 325. The number of alkyl halides is 1. The van der Waals surface area contributed by atoms with Crippen LogP contribution in [0.2, 0.25) is 0 Å². The van der Waals surface area contributed by atoms with Crippen molar-refractivity contribution in [3.05, 3.63) is 34.1 Å². The zero-order chi connectivity index (χ0) is 10.6. The van der Waals surface area contributed by atoms with E-state index in [1.165, 1.54) is 6.07 Å². The highest BCUT2D eigenvalue weighted by molar-refractivity contribution is 9.10. The van der Waals surface area contributed by atoms with Crippen LogP contribution in [0.3, 0.4) is 0 Å². The van der Waals surface area contributed by atoms with Crippen molar-refractivity contribution in [3.63, 3.8) is 0 Å². The third-order valence-corrected chi connectivity index (χ3v) is 2.63. The number of carbonyl (C=O) groups excluding carboxylic acids is 1. The van der Waals surface area contributed by atoms with Crippen molar-refractivity contribution in [2.75, 3.05) is 5.88 Å². The monoisotopic (exact) mass is 279 g/mol. The Balaban J connectivity index is 2.71. The Morgan fingerprint density at radius 2 is 2.29 bits per heavy atom. The van der Waals surface area contributed by atoms with Gasteiger partial charge in [0.1, 0.15) is 11.7 Å². The number of nitrogens with one attached hydrogen (secondary N) is 1. The molecule has 0 aliphatic carbocycles. The number of rotatable bonds is 3. The van der Waals surface area contributed by atoms with E-state index < -0.39 is 0 Å². The summed E-state index contributed by atoms with van der Waals surface area (Å²) in [5, 5.41) is 2.49. The molecule has 76 valence electrons. The van der Waals surface area contributed by atoms with Crippen LogP contribution in [0.25, 0.3) is 0 Å². The van der Waals surface area contributed by atoms with Crippen molar-refractivity contribution in [3.8, 4) is 0 Å². The highest BCUT2D eigenvalue weighted by Gasteiger charge is 2.07. The standard InChI is InChI=1S/C9H8BrClFNO/c10-7-2-1-3-8(12)6(7)5-13-9(14)4-11/h1-3H,4-5H2,(H,13,14). The lowest BCUT2D eigenvalue weighted by atomic mass is 10.2. The maximum atomic E-state index is 13.2. The van der Waals surface area contributed by atoms with Gasteiger partial charge in [-0.15, -0.1) is 11.6 Å². The van der Waals surface area contributed by atoms with Gasteiger partial charge in [0.05, 0.1) is 0 Å². The molecule has 14 heavy (non-hydrogen) atoms. The summed E-state index contributed by atoms with van der Waals surface area (Å²) in [6.07, 6.45) is 0. The molecule has 1 aromatic carbocycles. The second-order valence-corrected chi connectivity index (χ2v) is 3.73. The Labute approximate surface area is 94.6 Å². The number of halogens is 3. The minimum absolute atomic E-state index is 0.119. The molecular formula is C9H8BrClFNO. The summed E-state index contributed by atoms with van der Waals surface area (Å²) >= 11 is 8.48. The van der Waals surface area contributed by atoms with E-state index in [9.17, 15) is 9.18 Å². The third kappa shape index (κ3) is 2.96. The predicted molar refractivity (Wildman–Crippen MR) is 56.7 cm³/mol. The summed E-state index contributed by atoms with van der Waals surface area (Å²) < 4.78 is 13.8. The van der Waals surface area contributed by atoms with Crippen LogP contribution < -0.4 is 5.32 Å². The topological polar surface area (TPSA) is 29.1 Å². The largest absolute Gasteiger partial charge is 0.351 e. The van der Waals surface area contributed by atoms with Gasteiger partial charge in [-0.3, -0.25) is 4.79 Å². The third-order valence-electron chi connectivity index (χ3n) is 1.65. The highest BCUT2D eigenvalue weighted by Crippen LogP contribution is 2.19. The summed E-state index contributed by atoms with van der Waals surface area (Å²) in [4.78, 5) is 10.8. The minimum Gasteiger partial charge on any atom is -0.351 e. The number of benzene rings is 1. The van der Waals surface area contributed by atoms with Crippen molar-refractivity contribution in [1.82, 2.24) is 5.32 Å². The van der Waals surface area contributed by atoms with Crippen molar-refractivity contribution in [2.24, 2.45) is 0 Å². The van der Waals surface area contributed by atoms with E-state index >= 15 is 0 Å². The first-order chi connectivity index (χ1) is 6.65. The van der Waals surface area contributed by atoms with Crippen LogP contribution in [-0.2, 0) is 11.3 Å². The van der Waals surface area contributed by atoms with Gasteiger partial charge in [0.2, 0.25) is 5.91 Å². The Kier molecular flexibility index (Phi) is 4.35. The van der Waals surface area contributed by atoms with E-state index in [0.717, 1.165) is 0 Å². The molecule has 0 atom stereocenters. The molecular weight excluding hydrogens is 272 g/mol. The first-order valence-electron chi connectivity index (χ1n) is 3.90. The molecule has 1 rings (SSSR count). The van der Waals surface area contributed by atoms with E-state index in [-0.39, 0.29) is 24.1 Å². The second-order valence-electron chi connectivity index (χ2n) is 2.61. The molecule has 0 unspecified atom stereocenters. The summed E-state index contributed by atoms with van der Waals surface area (Å²) in [6.45, 7) is 0.138. The molecule has 0 aliphatic rings. The number of carbonyl (C=O) groups is 1. The normalized spacial score (nSPS) is 9.93. The quantitative estimate of drug-likeness (QED) is 0.847. The van der Waals surface area contributed by atoms with Crippen LogP contribution in [0.15, 0.2) is 22.7 Å². The second kappa shape index (κ2) is 5.32. The summed E-state index contributed by atoms with van der Waals surface area (Å²) in [5.41, 5.74) is 0.422. The highest BCUT2D eigenvalue weighted by atomic mass is 79.9. The molecule has 0 aliphatic heterocycles. The zero-order valence-corrected chi connectivity index (χ0v) is 9.53. The SMILES string of the molecule is O=C(CCl)NCc1c(F)cccc1Br. The van der Waals surface area contributed by atoms with Crippen molar-refractivity contribution >= 4 is 33.4 Å². The fourth-order valence-corrected chi connectivity index (χ4v) is 1.51. The molecule has 0 bridgehead atoms. The zero-order valence-electron chi connectivity index (χ0n) is 7.19. The molecule has 0 fully saturated rings. The number of hydrogen-bond acceptors (Lipinski definition) is 1. The van der Waals surface area contributed by atoms with Gasteiger partial charge in [0.15, 0.2) is 0 Å². The van der Waals surface area contributed by atoms with Gasteiger partial charge in [0, 0.05) is 16.6 Å². The van der Waals surface area contributed by atoms with E-state index in [2.05, 4.69) is 21.2 Å². The van der Waals surface area contributed by atoms with Crippen LogP contribution in [-0.4, -0.2) is 11.8 Å². The summed E-state index contributed by atoms with van der Waals surface area (Å²) in [6, 6.07) is 4.64. The van der Waals surface area contributed by atoms with Crippen molar-refractivity contribution in [1.29, 1.82) is 0 Å². The minimum atomic E-state index is -0.353. The predicted octanol–water partition coefficient (Wildman–Crippen LogP) is 2.44. The Morgan fingerprint density at radius 3 is 2.86 bits per heavy atom. The fraction of sp³-hybridized carbons (Fsp3) is 0.222. The smallest absolute Gasteiger partial charge is 0.235 e. The molecule has 1 N–H and O–H groups in total. The fourth-order valence-electron chi connectivity index (χ4n) is 0.935. The van der Waals surface area contributed by atoms with Crippen LogP contribution in [0.1, 0.15) is 5.56 Å². The lowest BCUT2D eigenvalue weighted by Gasteiger charge is -2.06. The molecule has 0 spiro atoms. The van der Waals surface area contributed by atoms with Gasteiger partial charge in [-0.05, 0) is 12.1 Å². The van der Waals surface area contributed by atoms with Crippen LogP contribution in [0.5, 0.6) is 0 Å². The Hall–Kier alpha value is -0.610. The Morgan fingerprint density at radius 1 is 1.57 bits per heavy atom. The maximum Gasteiger partial charge on any atom is 0.235 e. The molecule has 5 heteroatoms. The van der Waals surface area contributed by atoms with Gasteiger partial charge >= 0.3 is 0 Å². The van der Waals surface area contributed by atoms with Crippen LogP contribution >= 0.6 is 27.5 Å². The van der Waals surface area contributed by atoms with Gasteiger partial charge in [0.25, 0.3) is 0 Å². The van der Waals surface area contributed by atoms with Gasteiger partial charge in [-0.2, -0.15) is 0 Å². The summed E-state index contributed by atoms with van der Waals surface area (Å²) in [5.74, 6) is -0.789. The molecule has 1 amide bonds. The molecule has 0 radical (unpaired) electrons. The first kappa shape index (κ1) is 11.5. The van der Waals surface area contributed by atoms with Crippen molar-refractivity contribution < 1.29 is 9.18 Å². The van der Waals surface area contributed by atoms with Crippen molar-refractivity contribution in [2.45, 2.75) is 6.54 Å². The van der Waals surface area contributed by atoms with E-state index in [0.29, 0.717) is 10.0 Å². The average Bonchev–Trinajstić information content (AvgIpc) is 2.16. The molecule has 1 aromatic rings. The number of amides is 1. The van der Waals surface area contributed by atoms with Crippen LogP contribution in [0.4, 0.5) is 4.39 Å². The average molecular weight is 281 g/mol. The van der Waals surface area contributed by atoms with Crippen LogP contribution in [0, 0.1) is 5.82 Å². The lowest BCUT2D eigenvalue weighted by molar-refractivity contribution is -0.118. The van der Waals surface area contributed by atoms with E-state index in [4.69, 9.17) is 11.6 Å². The molecule has 0 saturated heterocycles. The maximum absolute atomic E-state index is 13.2. The van der Waals surface area contributed by atoms with E-state index in [1.54, 1.807) is 12.1 Å². The van der Waals surface area contributed by atoms with E-state index in [1.807, 2.05) is 0 Å². The molecule has 0 saturated carbocycles. The van der Waals surface area contributed by atoms with Gasteiger partial charge < -0.3 is 5.32 Å².